The second-order valence-electron chi connectivity index (χ2n) is 4.03. The summed E-state index contributed by atoms with van der Waals surface area (Å²) < 4.78 is 0.782. The van der Waals surface area contributed by atoms with Crippen molar-refractivity contribution in [2.24, 2.45) is 0 Å². The van der Waals surface area contributed by atoms with Crippen LogP contribution in [0.3, 0.4) is 0 Å². The van der Waals surface area contributed by atoms with Gasteiger partial charge in [0.15, 0.2) is 0 Å². The van der Waals surface area contributed by atoms with E-state index in [9.17, 15) is 4.79 Å². The van der Waals surface area contributed by atoms with Crippen LogP contribution in [0, 0.1) is 6.92 Å². The van der Waals surface area contributed by atoms with E-state index in [1.165, 1.54) is 0 Å². The van der Waals surface area contributed by atoms with E-state index in [0.717, 1.165) is 10.0 Å². The molecule has 0 saturated carbocycles. The summed E-state index contributed by atoms with van der Waals surface area (Å²) in [4.78, 5) is 12.0. The fourth-order valence-electron chi connectivity index (χ4n) is 1.68. The van der Waals surface area contributed by atoms with Gasteiger partial charge in [-0.15, -0.1) is 0 Å². The topological polar surface area (TPSA) is 55.1 Å². The number of carbonyl (C=O) groups excluding carboxylic acids is 1. The molecule has 0 aliphatic carbocycles. The first kappa shape index (κ1) is 12.6. The minimum Gasteiger partial charge on any atom is -0.397 e. The van der Waals surface area contributed by atoms with Crippen LogP contribution in [0.1, 0.15) is 15.9 Å². The quantitative estimate of drug-likeness (QED) is 0.833. The lowest BCUT2D eigenvalue weighted by Gasteiger charge is -2.11. The first-order chi connectivity index (χ1) is 8.58. The first-order valence-corrected chi connectivity index (χ1v) is 6.29. The van der Waals surface area contributed by atoms with Crippen LogP contribution in [-0.4, -0.2) is 5.91 Å². The number of aryl methyl sites for hydroxylation is 1. The predicted molar refractivity (Wildman–Crippen MR) is 77.7 cm³/mol. The molecule has 92 valence electrons. The number of nitrogens with one attached hydrogen (secondary N) is 1. The molecule has 0 aromatic heterocycles. The molecule has 3 N–H and O–H groups in total. The van der Waals surface area contributed by atoms with Gasteiger partial charge in [0.05, 0.1) is 11.4 Å². The van der Waals surface area contributed by atoms with Crippen molar-refractivity contribution in [3.8, 4) is 0 Å². The van der Waals surface area contributed by atoms with Crippen LogP contribution in [0.2, 0.25) is 0 Å². The van der Waals surface area contributed by atoms with E-state index in [1.54, 1.807) is 12.1 Å². The monoisotopic (exact) mass is 304 g/mol. The maximum absolute atomic E-state index is 12.0. The Labute approximate surface area is 114 Å². The largest absolute Gasteiger partial charge is 0.397 e. The number of hydrogen-bond acceptors (Lipinski definition) is 2. The van der Waals surface area contributed by atoms with Crippen molar-refractivity contribution in [1.29, 1.82) is 0 Å². The Hall–Kier alpha value is -1.81. The van der Waals surface area contributed by atoms with Gasteiger partial charge < -0.3 is 11.1 Å². The van der Waals surface area contributed by atoms with Crippen LogP contribution in [-0.2, 0) is 0 Å². The van der Waals surface area contributed by atoms with E-state index in [4.69, 9.17) is 5.73 Å². The average molecular weight is 305 g/mol. The number of anilines is 2. The van der Waals surface area contributed by atoms with Gasteiger partial charge in [-0.1, -0.05) is 18.2 Å². The molecule has 0 unspecified atom stereocenters. The molecule has 3 nitrogen and oxygen atoms in total. The maximum Gasteiger partial charge on any atom is 0.255 e. The molecule has 1 amide bonds. The minimum atomic E-state index is -0.174. The normalized spacial score (nSPS) is 10.1. The van der Waals surface area contributed by atoms with Crippen molar-refractivity contribution in [2.75, 3.05) is 11.1 Å². The standard InChI is InChI=1S/C14H13BrN2O/c1-9-7-11(15)13(12(16)8-9)17-14(18)10-5-3-2-4-6-10/h2-8H,16H2,1H3,(H,17,18). The molecule has 18 heavy (non-hydrogen) atoms. The van der Waals surface area contributed by atoms with Gasteiger partial charge in [0.25, 0.3) is 5.91 Å². The van der Waals surface area contributed by atoms with Gasteiger partial charge in [-0.05, 0) is 52.7 Å². The van der Waals surface area contributed by atoms with Crippen molar-refractivity contribution in [3.05, 3.63) is 58.1 Å². The average Bonchev–Trinajstić information content (AvgIpc) is 2.34. The summed E-state index contributed by atoms with van der Waals surface area (Å²) in [5, 5.41) is 2.81. The number of rotatable bonds is 2. The smallest absolute Gasteiger partial charge is 0.255 e. The highest BCUT2D eigenvalue weighted by Crippen LogP contribution is 2.30. The molecule has 0 bridgehead atoms. The Balaban J connectivity index is 2.28. The summed E-state index contributed by atoms with van der Waals surface area (Å²) in [6, 6.07) is 12.8. The zero-order chi connectivity index (χ0) is 13.1. The van der Waals surface area contributed by atoms with Crippen LogP contribution in [0.4, 0.5) is 11.4 Å². The molecule has 2 rings (SSSR count). The number of benzene rings is 2. The Morgan fingerprint density at radius 2 is 1.89 bits per heavy atom. The van der Waals surface area contributed by atoms with Crippen molar-refractivity contribution >= 4 is 33.2 Å². The van der Waals surface area contributed by atoms with Crippen molar-refractivity contribution in [2.45, 2.75) is 6.92 Å². The number of hydrogen-bond donors (Lipinski definition) is 2. The van der Waals surface area contributed by atoms with Gasteiger partial charge in [-0.25, -0.2) is 0 Å². The Morgan fingerprint density at radius 1 is 1.22 bits per heavy atom. The Bertz CT molecular complexity index is 559. The highest BCUT2D eigenvalue weighted by Gasteiger charge is 2.10. The molecular weight excluding hydrogens is 292 g/mol. The van der Waals surface area contributed by atoms with Gasteiger partial charge >= 0.3 is 0 Å². The second kappa shape index (κ2) is 5.23. The van der Waals surface area contributed by atoms with E-state index in [2.05, 4.69) is 21.2 Å². The van der Waals surface area contributed by atoms with Gasteiger partial charge in [0.2, 0.25) is 0 Å². The summed E-state index contributed by atoms with van der Waals surface area (Å²) >= 11 is 3.40. The van der Waals surface area contributed by atoms with E-state index >= 15 is 0 Å². The van der Waals surface area contributed by atoms with Crippen LogP contribution in [0.25, 0.3) is 0 Å². The van der Waals surface area contributed by atoms with Crippen LogP contribution in [0.5, 0.6) is 0 Å². The molecule has 2 aromatic carbocycles. The Morgan fingerprint density at radius 3 is 2.50 bits per heavy atom. The number of nitrogens with two attached hydrogens (primary N) is 1. The molecule has 4 heteroatoms. The van der Waals surface area contributed by atoms with E-state index in [-0.39, 0.29) is 5.91 Å². The Kier molecular flexibility index (Phi) is 3.67. The first-order valence-electron chi connectivity index (χ1n) is 5.50. The van der Waals surface area contributed by atoms with Gasteiger partial charge in [0, 0.05) is 10.0 Å². The molecule has 0 radical (unpaired) electrons. The molecule has 0 atom stereocenters. The summed E-state index contributed by atoms with van der Waals surface area (Å²) in [6.07, 6.45) is 0. The van der Waals surface area contributed by atoms with Gasteiger partial charge in [0.1, 0.15) is 0 Å². The van der Waals surface area contributed by atoms with E-state index < -0.39 is 0 Å². The van der Waals surface area contributed by atoms with Crippen molar-refractivity contribution < 1.29 is 4.79 Å². The summed E-state index contributed by atoms with van der Waals surface area (Å²) in [5.41, 5.74) is 8.70. The van der Waals surface area contributed by atoms with Crippen LogP contribution in [0.15, 0.2) is 46.9 Å². The lowest BCUT2D eigenvalue weighted by atomic mass is 10.1. The predicted octanol–water partition coefficient (Wildman–Crippen LogP) is 3.59. The molecule has 0 spiro atoms. The minimum absolute atomic E-state index is 0.174. The molecular formula is C14H13BrN2O. The van der Waals surface area contributed by atoms with Gasteiger partial charge in [-0.2, -0.15) is 0 Å². The summed E-state index contributed by atoms with van der Waals surface area (Å²) in [7, 11) is 0. The molecule has 0 fully saturated rings. The SMILES string of the molecule is Cc1cc(N)c(NC(=O)c2ccccc2)c(Br)c1. The second-order valence-corrected chi connectivity index (χ2v) is 4.89. The zero-order valence-corrected chi connectivity index (χ0v) is 11.5. The number of nitrogen functional groups attached to an aromatic ring is 1. The van der Waals surface area contributed by atoms with Crippen molar-refractivity contribution in [1.82, 2.24) is 0 Å². The molecule has 0 aliphatic rings. The molecule has 0 saturated heterocycles. The van der Waals surface area contributed by atoms with Crippen molar-refractivity contribution in [3.63, 3.8) is 0 Å². The van der Waals surface area contributed by atoms with Crippen LogP contribution >= 0.6 is 15.9 Å². The molecule has 0 heterocycles. The lowest BCUT2D eigenvalue weighted by molar-refractivity contribution is 0.102. The molecule has 0 aliphatic heterocycles. The highest BCUT2D eigenvalue weighted by atomic mass is 79.9. The number of halogens is 1. The zero-order valence-electron chi connectivity index (χ0n) is 9.91. The highest BCUT2D eigenvalue weighted by molar-refractivity contribution is 9.10. The van der Waals surface area contributed by atoms with E-state index in [1.807, 2.05) is 37.3 Å². The fourth-order valence-corrected chi connectivity index (χ4v) is 2.37. The van der Waals surface area contributed by atoms with Gasteiger partial charge in [-0.3, -0.25) is 4.79 Å². The summed E-state index contributed by atoms with van der Waals surface area (Å²) in [5.74, 6) is -0.174. The summed E-state index contributed by atoms with van der Waals surface area (Å²) in [6.45, 7) is 1.95. The third-order valence-electron chi connectivity index (χ3n) is 2.54. The maximum atomic E-state index is 12.0. The molecule has 2 aromatic rings. The third-order valence-corrected chi connectivity index (χ3v) is 3.16. The lowest BCUT2D eigenvalue weighted by Crippen LogP contribution is -2.13. The van der Waals surface area contributed by atoms with E-state index in [0.29, 0.717) is 16.9 Å². The fraction of sp³-hybridized carbons (Fsp3) is 0.0714. The number of amides is 1. The third kappa shape index (κ3) is 2.71. The number of carbonyl (C=O) groups is 1. The van der Waals surface area contributed by atoms with Crippen LogP contribution < -0.4 is 11.1 Å².